The van der Waals surface area contributed by atoms with Gasteiger partial charge in [0, 0.05) is 23.5 Å². The third-order valence-corrected chi connectivity index (χ3v) is 3.18. The number of pyridine rings is 2. The van der Waals surface area contributed by atoms with Crippen molar-refractivity contribution in [2.45, 2.75) is 9.92 Å². The summed E-state index contributed by atoms with van der Waals surface area (Å²) in [4.78, 5) is 19.5. The van der Waals surface area contributed by atoms with Gasteiger partial charge in [0.15, 0.2) is 0 Å². The first-order valence-electron chi connectivity index (χ1n) is 4.92. The van der Waals surface area contributed by atoms with E-state index in [4.69, 9.17) is 10.4 Å². The molecule has 0 aromatic carbocycles. The first-order valence-corrected chi connectivity index (χ1v) is 5.74. The monoisotopic (exact) mass is 257 g/mol. The summed E-state index contributed by atoms with van der Waals surface area (Å²) in [6, 6.07) is 6.63. The first kappa shape index (κ1) is 12.1. The number of aromatic carboxylic acids is 1. The minimum Gasteiger partial charge on any atom is -0.478 e. The summed E-state index contributed by atoms with van der Waals surface area (Å²) >= 11 is 1.12. The number of hydrogen-bond acceptors (Lipinski definition) is 5. The van der Waals surface area contributed by atoms with Crippen LogP contribution in [0.25, 0.3) is 0 Å². The summed E-state index contributed by atoms with van der Waals surface area (Å²) < 4.78 is 0. The fourth-order valence-electron chi connectivity index (χ4n) is 1.29. The van der Waals surface area contributed by atoms with E-state index < -0.39 is 5.97 Å². The van der Waals surface area contributed by atoms with Crippen molar-refractivity contribution >= 4 is 17.7 Å². The fraction of sp³-hybridized carbons (Fsp3) is 0. The van der Waals surface area contributed by atoms with E-state index in [2.05, 4.69) is 9.97 Å². The predicted octanol–water partition coefficient (Wildman–Crippen LogP) is 2.20. The summed E-state index contributed by atoms with van der Waals surface area (Å²) in [6.45, 7) is 0. The highest BCUT2D eigenvalue weighted by Gasteiger charge is 2.13. The van der Waals surface area contributed by atoms with Gasteiger partial charge in [-0.05, 0) is 18.2 Å². The van der Waals surface area contributed by atoms with Gasteiger partial charge in [-0.2, -0.15) is 5.26 Å². The predicted molar refractivity (Wildman–Crippen MR) is 64.3 cm³/mol. The Morgan fingerprint density at radius 1 is 1.39 bits per heavy atom. The minimum atomic E-state index is -1.05. The van der Waals surface area contributed by atoms with Crippen LogP contribution in [0, 0.1) is 11.3 Å². The standard InChI is InChI=1S/C12H7N3O2S/c13-6-8-3-5-14-7-10(8)18-11-9(12(16)17)2-1-4-15-11/h1-5,7H,(H,16,17). The molecule has 0 aliphatic heterocycles. The van der Waals surface area contributed by atoms with E-state index in [-0.39, 0.29) is 5.56 Å². The van der Waals surface area contributed by atoms with E-state index in [0.717, 1.165) is 11.8 Å². The van der Waals surface area contributed by atoms with Crippen LogP contribution in [0.1, 0.15) is 15.9 Å². The van der Waals surface area contributed by atoms with Gasteiger partial charge in [-0.1, -0.05) is 11.8 Å². The van der Waals surface area contributed by atoms with E-state index in [1.807, 2.05) is 6.07 Å². The number of carbonyl (C=O) groups is 1. The highest BCUT2D eigenvalue weighted by Crippen LogP contribution is 2.30. The lowest BCUT2D eigenvalue weighted by Crippen LogP contribution is -2.00. The van der Waals surface area contributed by atoms with Crippen LogP contribution in [-0.2, 0) is 0 Å². The molecule has 0 fully saturated rings. The van der Waals surface area contributed by atoms with Crippen molar-refractivity contribution in [1.82, 2.24) is 9.97 Å². The average Bonchev–Trinajstić information content (AvgIpc) is 2.40. The molecule has 0 amide bonds. The van der Waals surface area contributed by atoms with Crippen molar-refractivity contribution < 1.29 is 9.90 Å². The fourth-order valence-corrected chi connectivity index (χ4v) is 2.22. The van der Waals surface area contributed by atoms with Gasteiger partial charge in [0.05, 0.1) is 11.1 Å². The normalized spacial score (nSPS) is 9.72. The Morgan fingerprint density at radius 3 is 2.94 bits per heavy atom. The van der Waals surface area contributed by atoms with Crippen LogP contribution in [0.5, 0.6) is 0 Å². The second-order valence-corrected chi connectivity index (χ2v) is 4.28. The molecule has 0 saturated heterocycles. The number of nitriles is 1. The third-order valence-electron chi connectivity index (χ3n) is 2.11. The molecule has 2 aromatic heterocycles. The van der Waals surface area contributed by atoms with Crippen molar-refractivity contribution in [2.75, 3.05) is 0 Å². The van der Waals surface area contributed by atoms with Crippen molar-refractivity contribution in [2.24, 2.45) is 0 Å². The summed E-state index contributed by atoms with van der Waals surface area (Å²) in [7, 11) is 0. The first-order chi connectivity index (χ1) is 8.72. The van der Waals surface area contributed by atoms with Crippen LogP contribution in [0.15, 0.2) is 46.7 Å². The van der Waals surface area contributed by atoms with Gasteiger partial charge in [0.1, 0.15) is 11.1 Å². The van der Waals surface area contributed by atoms with Gasteiger partial charge in [0.25, 0.3) is 0 Å². The molecule has 0 radical (unpaired) electrons. The van der Waals surface area contributed by atoms with Crippen molar-refractivity contribution in [3.05, 3.63) is 47.9 Å². The number of carboxylic acids is 1. The van der Waals surface area contributed by atoms with Gasteiger partial charge in [-0.25, -0.2) is 9.78 Å². The summed E-state index contributed by atoms with van der Waals surface area (Å²) in [5.41, 5.74) is 0.548. The highest BCUT2D eigenvalue weighted by molar-refractivity contribution is 7.99. The van der Waals surface area contributed by atoms with Crippen LogP contribution < -0.4 is 0 Å². The van der Waals surface area contributed by atoms with Gasteiger partial charge in [-0.3, -0.25) is 4.98 Å². The van der Waals surface area contributed by atoms with E-state index >= 15 is 0 Å². The van der Waals surface area contributed by atoms with E-state index in [1.54, 1.807) is 12.1 Å². The van der Waals surface area contributed by atoms with Crippen molar-refractivity contribution in [3.8, 4) is 6.07 Å². The van der Waals surface area contributed by atoms with Crippen LogP contribution in [0.2, 0.25) is 0 Å². The molecule has 0 unspecified atom stereocenters. The van der Waals surface area contributed by atoms with Crippen LogP contribution in [0.3, 0.4) is 0 Å². The van der Waals surface area contributed by atoms with Crippen LogP contribution in [0.4, 0.5) is 0 Å². The Labute approximate surface area is 107 Å². The van der Waals surface area contributed by atoms with Gasteiger partial charge >= 0.3 is 5.97 Å². The molecule has 0 aliphatic rings. The Morgan fingerprint density at radius 2 is 2.22 bits per heavy atom. The second-order valence-electron chi connectivity index (χ2n) is 3.25. The summed E-state index contributed by atoms with van der Waals surface area (Å²) in [5, 5.41) is 18.3. The molecule has 6 heteroatoms. The van der Waals surface area contributed by atoms with Crippen LogP contribution in [-0.4, -0.2) is 21.0 Å². The zero-order valence-corrected chi connectivity index (χ0v) is 9.89. The lowest BCUT2D eigenvalue weighted by atomic mass is 10.3. The number of nitrogens with zero attached hydrogens (tertiary/aromatic N) is 3. The number of carboxylic acid groups (broad SMARTS) is 1. The Balaban J connectivity index is 2.41. The Hall–Kier alpha value is -2.39. The molecule has 88 valence electrons. The number of hydrogen-bond donors (Lipinski definition) is 1. The van der Waals surface area contributed by atoms with Crippen molar-refractivity contribution in [1.29, 1.82) is 5.26 Å². The van der Waals surface area contributed by atoms with Crippen molar-refractivity contribution in [3.63, 3.8) is 0 Å². The molecule has 2 rings (SSSR count). The molecule has 0 saturated carbocycles. The molecule has 0 atom stereocenters. The minimum absolute atomic E-state index is 0.107. The molecule has 0 bridgehead atoms. The van der Waals surface area contributed by atoms with E-state index in [1.165, 1.54) is 24.7 Å². The molecule has 0 spiro atoms. The Kier molecular flexibility index (Phi) is 3.55. The molecule has 2 aromatic rings. The summed E-state index contributed by atoms with van der Waals surface area (Å²) in [5.74, 6) is -1.05. The highest BCUT2D eigenvalue weighted by atomic mass is 32.2. The molecular weight excluding hydrogens is 250 g/mol. The molecule has 18 heavy (non-hydrogen) atoms. The summed E-state index contributed by atoms with van der Waals surface area (Å²) in [6.07, 6.45) is 4.54. The SMILES string of the molecule is N#Cc1ccncc1Sc1ncccc1C(=O)O. The van der Waals surface area contributed by atoms with E-state index in [0.29, 0.717) is 15.5 Å². The Bertz CT molecular complexity index is 637. The third kappa shape index (κ3) is 2.47. The smallest absolute Gasteiger partial charge is 0.338 e. The number of rotatable bonds is 3. The lowest BCUT2D eigenvalue weighted by Gasteiger charge is -2.04. The zero-order valence-electron chi connectivity index (χ0n) is 9.07. The van der Waals surface area contributed by atoms with Gasteiger partial charge < -0.3 is 5.11 Å². The largest absolute Gasteiger partial charge is 0.478 e. The topological polar surface area (TPSA) is 86.9 Å². The molecule has 0 aliphatic carbocycles. The molecular formula is C12H7N3O2S. The second kappa shape index (κ2) is 5.29. The zero-order chi connectivity index (χ0) is 13.0. The van der Waals surface area contributed by atoms with E-state index in [9.17, 15) is 4.79 Å². The van der Waals surface area contributed by atoms with Gasteiger partial charge in [-0.15, -0.1) is 0 Å². The number of aromatic nitrogens is 2. The maximum Gasteiger partial charge on any atom is 0.338 e. The van der Waals surface area contributed by atoms with Gasteiger partial charge in [0.2, 0.25) is 0 Å². The maximum absolute atomic E-state index is 11.0. The molecule has 2 heterocycles. The average molecular weight is 257 g/mol. The molecule has 5 nitrogen and oxygen atoms in total. The lowest BCUT2D eigenvalue weighted by molar-refractivity contribution is 0.0692. The van der Waals surface area contributed by atoms with Crippen LogP contribution >= 0.6 is 11.8 Å². The quantitative estimate of drug-likeness (QED) is 0.906. The maximum atomic E-state index is 11.0. The molecule has 1 N–H and O–H groups in total.